The van der Waals surface area contributed by atoms with Crippen molar-refractivity contribution in [3.8, 4) is 20.9 Å². The summed E-state index contributed by atoms with van der Waals surface area (Å²) in [7, 11) is 0. The molecule has 1 unspecified atom stereocenters. The summed E-state index contributed by atoms with van der Waals surface area (Å²) < 4.78 is 28.8. The van der Waals surface area contributed by atoms with Gasteiger partial charge in [0.15, 0.2) is 0 Å². The smallest absolute Gasteiger partial charge is 0.133 e. The number of aliphatic hydroxyl groups is 1. The molecule has 1 N–H and O–H groups in total. The second-order valence-electron chi connectivity index (χ2n) is 5.81. The van der Waals surface area contributed by atoms with E-state index in [-0.39, 0.29) is 5.56 Å². The van der Waals surface area contributed by atoms with Crippen LogP contribution in [0.4, 0.5) is 8.78 Å². The number of halogens is 3. The van der Waals surface area contributed by atoms with Crippen LogP contribution < -0.4 is 0 Å². The van der Waals surface area contributed by atoms with Gasteiger partial charge in [0.25, 0.3) is 0 Å². The summed E-state index contributed by atoms with van der Waals surface area (Å²) in [6.45, 7) is 0. The van der Waals surface area contributed by atoms with Gasteiger partial charge in [0.2, 0.25) is 0 Å². The largest absolute Gasteiger partial charge is 0.384 e. The number of aliphatic hydroxyl groups excluding tert-OH is 1. The standard InChI is InChI=1S/C20H12BrF2NOS2/c21-17-6-5-16(27-17)20-18(19(25)11-2-1-7-24-9-11)14(10-26-20)13-4-3-12(22)8-15(13)23/h1-10,19,25H. The maximum atomic E-state index is 14.5. The average molecular weight is 464 g/mol. The van der Waals surface area contributed by atoms with Crippen LogP contribution in [0.25, 0.3) is 20.9 Å². The molecule has 3 aromatic heterocycles. The monoisotopic (exact) mass is 463 g/mol. The molecule has 7 heteroatoms. The third kappa shape index (κ3) is 3.60. The highest BCUT2D eigenvalue weighted by molar-refractivity contribution is 9.11. The predicted molar refractivity (Wildman–Crippen MR) is 109 cm³/mol. The molecule has 4 aromatic rings. The van der Waals surface area contributed by atoms with Crippen molar-refractivity contribution in [2.75, 3.05) is 0 Å². The molecule has 0 saturated carbocycles. The van der Waals surface area contributed by atoms with Crippen LogP contribution in [-0.4, -0.2) is 10.1 Å². The van der Waals surface area contributed by atoms with Gasteiger partial charge in [-0.1, -0.05) is 6.07 Å². The molecule has 0 aliphatic heterocycles. The van der Waals surface area contributed by atoms with Crippen LogP contribution in [0.1, 0.15) is 17.2 Å². The lowest BCUT2D eigenvalue weighted by Crippen LogP contribution is -2.02. The Bertz CT molecular complexity index is 1090. The molecule has 0 bridgehead atoms. The minimum atomic E-state index is -0.986. The Balaban J connectivity index is 1.93. The Morgan fingerprint density at radius 1 is 1.07 bits per heavy atom. The number of nitrogens with zero attached hydrogens (tertiary/aromatic N) is 1. The average Bonchev–Trinajstić information content (AvgIpc) is 3.28. The molecule has 3 heterocycles. The molecule has 1 atom stereocenters. The summed E-state index contributed by atoms with van der Waals surface area (Å²) in [5.74, 6) is -1.30. The molecule has 0 radical (unpaired) electrons. The minimum absolute atomic E-state index is 0.257. The van der Waals surface area contributed by atoms with E-state index in [4.69, 9.17) is 0 Å². The zero-order valence-electron chi connectivity index (χ0n) is 13.7. The lowest BCUT2D eigenvalue weighted by molar-refractivity contribution is 0.221. The first kappa shape index (κ1) is 18.4. The van der Waals surface area contributed by atoms with Gasteiger partial charge in [0, 0.05) is 45.6 Å². The normalized spacial score (nSPS) is 12.3. The fourth-order valence-electron chi connectivity index (χ4n) is 2.89. The maximum Gasteiger partial charge on any atom is 0.133 e. The van der Waals surface area contributed by atoms with E-state index in [1.807, 2.05) is 12.1 Å². The minimum Gasteiger partial charge on any atom is -0.384 e. The Morgan fingerprint density at radius 2 is 1.93 bits per heavy atom. The molecule has 2 nitrogen and oxygen atoms in total. The van der Waals surface area contributed by atoms with Crippen LogP contribution in [0.2, 0.25) is 0 Å². The molecule has 27 heavy (non-hydrogen) atoms. The van der Waals surface area contributed by atoms with Crippen LogP contribution >= 0.6 is 38.6 Å². The summed E-state index contributed by atoms with van der Waals surface area (Å²) >= 11 is 6.41. The fourth-order valence-corrected chi connectivity index (χ4v) is 5.52. The van der Waals surface area contributed by atoms with Crippen molar-refractivity contribution in [3.05, 3.63) is 86.8 Å². The molecule has 0 saturated heterocycles. The number of aromatic nitrogens is 1. The van der Waals surface area contributed by atoms with E-state index in [0.717, 1.165) is 19.6 Å². The molecular weight excluding hydrogens is 452 g/mol. The van der Waals surface area contributed by atoms with Crippen molar-refractivity contribution < 1.29 is 13.9 Å². The van der Waals surface area contributed by atoms with E-state index in [0.29, 0.717) is 16.7 Å². The Morgan fingerprint density at radius 3 is 2.59 bits per heavy atom. The van der Waals surface area contributed by atoms with Gasteiger partial charge in [-0.25, -0.2) is 8.78 Å². The fraction of sp³-hybridized carbons (Fsp3) is 0.0500. The molecule has 0 aliphatic carbocycles. The van der Waals surface area contributed by atoms with Gasteiger partial charge in [-0.05, 0) is 51.6 Å². The number of thiophene rings is 2. The highest BCUT2D eigenvalue weighted by Crippen LogP contribution is 2.46. The summed E-state index contributed by atoms with van der Waals surface area (Å²) in [6.07, 6.45) is 2.23. The van der Waals surface area contributed by atoms with Crippen molar-refractivity contribution in [1.29, 1.82) is 0 Å². The van der Waals surface area contributed by atoms with E-state index in [2.05, 4.69) is 20.9 Å². The summed E-state index contributed by atoms with van der Waals surface area (Å²) in [6, 6.07) is 10.9. The Labute approximate surface area is 170 Å². The topological polar surface area (TPSA) is 33.1 Å². The van der Waals surface area contributed by atoms with E-state index in [9.17, 15) is 13.9 Å². The Kier molecular flexibility index (Phi) is 5.19. The van der Waals surface area contributed by atoms with Crippen molar-refractivity contribution in [2.24, 2.45) is 0 Å². The lowest BCUT2D eigenvalue weighted by Gasteiger charge is -2.15. The van der Waals surface area contributed by atoms with Crippen molar-refractivity contribution in [2.45, 2.75) is 6.10 Å². The van der Waals surface area contributed by atoms with Gasteiger partial charge in [-0.2, -0.15) is 0 Å². The van der Waals surface area contributed by atoms with Crippen LogP contribution in [0.5, 0.6) is 0 Å². The van der Waals surface area contributed by atoms with E-state index < -0.39 is 17.7 Å². The van der Waals surface area contributed by atoms with E-state index in [1.165, 1.54) is 34.8 Å². The molecule has 136 valence electrons. The highest BCUT2D eigenvalue weighted by Gasteiger charge is 2.25. The number of hydrogen-bond acceptors (Lipinski definition) is 4. The van der Waals surface area contributed by atoms with Gasteiger partial charge >= 0.3 is 0 Å². The summed E-state index contributed by atoms with van der Waals surface area (Å²) in [5, 5.41) is 12.9. The number of hydrogen-bond donors (Lipinski definition) is 1. The third-order valence-corrected chi connectivity index (χ3v) is 6.92. The number of pyridine rings is 1. The molecule has 0 aliphatic rings. The quantitative estimate of drug-likeness (QED) is 0.366. The van der Waals surface area contributed by atoms with Crippen LogP contribution in [0.15, 0.2) is 64.0 Å². The lowest BCUT2D eigenvalue weighted by atomic mass is 9.94. The third-order valence-electron chi connectivity index (χ3n) is 4.12. The zero-order chi connectivity index (χ0) is 19.0. The SMILES string of the molecule is OC(c1cccnc1)c1c(-c2ccc(F)cc2F)csc1-c1ccc(Br)s1. The van der Waals surface area contributed by atoms with Crippen LogP contribution in [0.3, 0.4) is 0 Å². The van der Waals surface area contributed by atoms with E-state index >= 15 is 0 Å². The molecule has 1 aromatic carbocycles. The van der Waals surface area contributed by atoms with Crippen LogP contribution in [0, 0.1) is 11.6 Å². The van der Waals surface area contributed by atoms with Crippen molar-refractivity contribution in [3.63, 3.8) is 0 Å². The Hall–Kier alpha value is -1.93. The van der Waals surface area contributed by atoms with E-state index in [1.54, 1.807) is 29.9 Å². The summed E-state index contributed by atoms with van der Waals surface area (Å²) in [4.78, 5) is 5.87. The first-order valence-corrected chi connectivity index (χ1v) is 10.4. The summed E-state index contributed by atoms with van der Waals surface area (Å²) in [5.41, 5.74) is 2.00. The molecule has 0 fully saturated rings. The number of benzene rings is 1. The molecule has 4 rings (SSSR count). The van der Waals surface area contributed by atoms with Crippen molar-refractivity contribution in [1.82, 2.24) is 4.98 Å². The van der Waals surface area contributed by atoms with Crippen LogP contribution in [-0.2, 0) is 0 Å². The van der Waals surface area contributed by atoms with Gasteiger partial charge in [-0.3, -0.25) is 4.98 Å². The van der Waals surface area contributed by atoms with Gasteiger partial charge in [0.05, 0.1) is 8.66 Å². The highest BCUT2D eigenvalue weighted by atomic mass is 79.9. The molecule has 0 amide bonds. The zero-order valence-corrected chi connectivity index (χ0v) is 16.9. The predicted octanol–water partition coefficient (Wildman–Crippen LogP) is 6.66. The van der Waals surface area contributed by atoms with Crippen molar-refractivity contribution >= 4 is 38.6 Å². The van der Waals surface area contributed by atoms with Gasteiger partial charge in [-0.15, -0.1) is 22.7 Å². The second kappa shape index (κ2) is 7.59. The number of rotatable bonds is 4. The van der Waals surface area contributed by atoms with Gasteiger partial charge < -0.3 is 5.11 Å². The first-order valence-electron chi connectivity index (χ1n) is 7.95. The molecular formula is C20H12BrF2NOS2. The second-order valence-corrected chi connectivity index (χ2v) is 9.15. The molecule has 0 spiro atoms. The first-order chi connectivity index (χ1) is 13.0. The van der Waals surface area contributed by atoms with Gasteiger partial charge in [0.1, 0.15) is 17.7 Å². The maximum absolute atomic E-state index is 14.5.